The second kappa shape index (κ2) is 5.94. The van der Waals surface area contributed by atoms with Crippen LogP contribution in [0.1, 0.15) is 23.4 Å². The normalized spacial score (nSPS) is 12.1. The first-order valence-electron chi connectivity index (χ1n) is 5.02. The van der Waals surface area contributed by atoms with Gasteiger partial charge in [-0.05, 0) is 0 Å². The monoisotopic (exact) mass is 242 g/mol. The number of hydrogen-bond acceptors (Lipinski definition) is 5. The Bertz CT molecular complexity index is 403. The summed E-state index contributed by atoms with van der Waals surface area (Å²) < 4.78 is 4.68. The van der Waals surface area contributed by atoms with E-state index in [2.05, 4.69) is 25.2 Å². The van der Waals surface area contributed by atoms with Gasteiger partial charge in [0.2, 0.25) is 5.82 Å². The van der Waals surface area contributed by atoms with Crippen LogP contribution in [0.15, 0.2) is 0 Å². The number of aliphatic carboxylic acids is 1. The molecule has 1 amide bonds. The molecule has 0 aliphatic rings. The molecule has 0 saturated carbocycles. The minimum Gasteiger partial charge on any atom is -0.480 e. The molecule has 1 unspecified atom stereocenters. The molecule has 1 rings (SSSR count). The Kier molecular flexibility index (Phi) is 4.58. The Morgan fingerprint density at radius 1 is 1.59 bits per heavy atom. The molecule has 8 nitrogen and oxygen atoms in total. The molecule has 0 aliphatic heterocycles. The minimum absolute atomic E-state index is 0.0794. The summed E-state index contributed by atoms with van der Waals surface area (Å²) in [7, 11) is 1.35. The number of carboxylic acid groups (broad SMARTS) is 1. The molecule has 0 fully saturated rings. The smallest absolute Gasteiger partial charge is 0.328 e. The van der Waals surface area contributed by atoms with Gasteiger partial charge in [-0.3, -0.25) is 9.89 Å². The van der Waals surface area contributed by atoms with E-state index < -0.39 is 17.9 Å². The van der Waals surface area contributed by atoms with Gasteiger partial charge in [0.05, 0.1) is 6.61 Å². The number of aryl methyl sites for hydroxylation is 1. The number of carbonyl (C=O) groups is 2. The zero-order chi connectivity index (χ0) is 12.8. The number of aromatic amines is 1. The Morgan fingerprint density at radius 2 is 2.29 bits per heavy atom. The summed E-state index contributed by atoms with van der Waals surface area (Å²) in [6.45, 7) is 1.74. The van der Waals surface area contributed by atoms with Gasteiger partial charge >= 0.3 is 5.97 Å². The van der Waals surface area contributed by atoms with Crippen molar-refractivity contribution in [3.05, 3.63) is 11.6 Å². The molecule has 1 heterocycles. The molecular weight excluding hydrogens is 228 g/mol. The second-order valence-electron chi connectivity index (χ2n) is 3.28. The fourth-order valence-corrected chi connectivity index (χ4v) is 1.12. The average Bonchev–Trinajstić information content (AvgIpc) is 2.76. The third kappa shape index (κ3) is 3.52. The average molecular weight is 242 g/mol. The lowest BCUT2D eigenvalue weighted by molar-refractivity contribution is -0.140. The van der Waals surface area contributed by atoms with E-state index in [1.165, 1.54) is 7.11 Å². The number of carbonyl (C=O) groups excluding carboxylic acids is 1. The van der Waals surface area contributed by atoms with E-state index in [0.717, 1.165) is 0 Å². The summed E-state index contributed by atoms with van der Waals surface area (Å²) in [6.07, 6.45) is 0.612. The fourth-order valence-electron chi connectivity index (χ4n) is 1.12. The maximum Gasteiger partial charge on any atom is 0.328 e. The Labute approximate surface area is 97.4 Å². The van der Waals surface area contributed by atoms with E-state index >= 15 is 0 Å². The van der Waals surface area contributed by atoms with Gasteiger partial charge in [-0.1, -0.05) is 6.92 Å². The maximum atomic E-state index is 11.6. The highest BCUT2D eigenvalue weighted by molar-refractivity contribution is 5.93. The SMILES string of the molecule is CCc1nc(C(=O)NC(COC)C(=O)O)n[nH]1. The number of H-pyrrole nitrogens is 1. The maximum absolute atomic E-state index is 11.6. The number of methoxy groups -OCH3 is 1. The van der Waals surface area contributed by atoms with Gasteiger partial charge in [-0.25, -0.2) is 9.78 Å². The van der Waals surface area contributed by atoms with Crippen molar-refractivity contribution in [1.82, 2.24) is 20.5 Å². The molecule has 8 heteroatoms. The molecule has 94 valence electrons. The van der Waals surface area contributed by atoms with Crippen LogP contribution in [0.25, 0.3) is 0 Å². The summed E-state index contributed by atoms with van der Waals surface area (Å²) in [5.41, 5.74) is 0. The van der Waals surface area contributed by atoms with E-state index in [0.29, 0.717) is 12.2 Å². The molecule has 0 radical (unpaired) electrons. The number of carboxylic acids is 1. The van der Waals surface area contributed by atoms with Crippen LogP contribution >= 0.6 is 0 Å². The molecule has 0 spiro atoms. The molecule has 1 atom stereocenters. The largest absolute Gasteiger partial charge is 0.480 e. The fraction of sp³-hybridized carbons (Fsp3) is 0.556. The highest BCUT2D eigenvalue weighted by atomic mass is 16.5. The minimum atomic E-state index is -1.17. The van der Waals surface area contributed by atoms with Crippen molar-refractivity contribution in [3.63, 3.8) is 0 Å². The standard InChI is InChI=1S/C9H14N4O4/c1-3-6-11-7(13-12-6)8(14)10-5(4-17-2)9(15)16/h5H,3-4H2,1-2H3,(H,10,14)(H,15,16)(H,11,12,13). The highest BCUT2D eigenvalue weighted by Gasteiger charge is 2.22. The van der Waals surface area contributed by atoms with Gasteiger partial charge < -0.3 is 15.2 Å². The van der Waals surface area contributed by atoms with Crippen LogP contribution in [0, 0.1) is 0 Å². The van der Waals surface area contributed by atoms with Crippen LogP contribution in [-0.4, -0.2) is 51.9 Å². The predicted octanol–water partition coefficient (Wildman–Crippen LogP) is -0.803. The topological polar surface area (TPSA) is 117 Å². The van der Waals surface area contributed by atoms with Crippen molar-refractivity contribution in [2.45, 2.75) is 19.4 Å². The number of nitrogens with one attached hydrogen (secondary N) is 2. The predicted molar refractivity (Wildman–Crippen MR) is 56.5 cm³/mol. The van der Waals surface area contributed by atoms with Crippen LogP contribution in [0.5, 0.6) is 0 Å². The van der Waals surface area contributed by atoms with E-state index in [1.807, 2.05) is 6.92 Å². The van der Waals surface area contributed by atoms with E-state index in [4.69, 9.17) is 5.11 Å². The van der Waals surface area contributed by atoms with E-state index in [9.17, 15) is 9.59 Å². The number of amides is 1. The van der Waals surface area contributed by atoms with Crippen molar-refractivity contribution in [2.24, 2.45) is 0 Å². The first kappa shape index (κ1) is 13.1. The molecule has 17 heavy (non-hydrogen) atoms. The molecule has 0 aromatic carbocycles. The summed E-state index contributed by atoms with van der Waals surface area (Å²) >= 11 is 0. The van der Waals surface area contributed by atoms with Crippen LogP contribution in [0.4, 0.5) is 0 Å². The van der Waals surface area contributed by atoms with Gasteiger partial charge in [0, 0.05) is 13.5 Å². The molecule has 3 N–H and O–H groups in total. The van der Waals surface area contributed by atoms with Crippen molar-refractivity contribution in [1.29, 1.82) is 0 Å². The van der Waals surface area contributed by atoms with Gasteiger partial charge in [-0.2, -0.15) is 0 Å². The first-order chi connectivity index (χ1) is 8.08. The number of rotatable bonds is 6. The molecule has 0 aliphatic carbocycles. The summed E-state index contributed by atoms with van der Waals surface area (Å²) in [5, 5.41) is 17.3. The molecular formula is C9H14N4O4. The van der Waals surface area contributed by atoms with Gasteiger partial charge in [0.25, 0.3) is 5.91 Å². The Morgan fingerprint density at radius 3 is 2.76 bits per heavy atom. The lowest BCUT2D eigenvalue weighted by Gasteiger charge is -2.11. The number of aromatic nitrogens is 3. The number of ether oxygens (including phenoxy) is 1. The zero-order valence-corrected chi connectivity index (χ0v) is 9.56. The quantitative estimate of drug-likeness (QED) is 0.601. The summed E-state index contributed by atoms with van der Waals surface area (Å²) in [5.74, 6) is -1.34. The lowest BCUT2D eigenvalue weighted by Crippen LogP contribution is -2.44. The zero-order valence-electron chi connectivity index (χ0n) is 9.56. The molecule has 0 saturated heterocycles. The van der Waals surface area contributed by atoms with E-state index in [1.54, 1.807) is 0 Å². The highest BCUT2D eigenvalue weighted by Crippen LogP contribution is 1.95. The number of nitrogens with zero attached hydrogens (tertiary/aromatic N) is 2. The third-order valence-electron chi connectivity index (χ3n) is 2.01. The Hall–Kier alpha value is -1.96. The van der Waals surface area contributed by atoms with Crippen molar-refractivity contribution in [2.75, 3.05) is 13.7 Å². The van der Waals surface area contributed by atoms with Crippen LogP contribution in [-0.2, 0) is 16.0 Å². The first-order valence-corrected chi connectivity index (χ1v) is 5.02. The molecule has 0 bridgehead atoms. The molecule has 1 aromatic heterocycles. The number of hydrogen-bond donors (Lipinski definition) is 3. The van der Waals surface area contributed by atoms with Gasteiger partial charge in [0.15, 0.2) is 6.04 Å². The Balaban J connectivity index is 2.66. The van der Waals surface area contributed by atoms with Crippen molar-refractivity contribution < 1.29 is 19.4 Å². The van der Waals surface area contributed by atoms with Crippen molar-refractivity contribution in [3.8, 4) is 0 Å². The molecule has 1 aromatic rings. The lowest BCUT2D eigenvalue weighted by atomic mass is 10.3. The van der Waals surface area contributed by atoms with Gasteiger partial charge in [0.1, 0.15) is 5.82 Å². The van der Waals surface area contributed by atoms with Crippen LogP contribution < -0.4 is 5.32 Å². The second-order valence-corrected chi connectivity index (χ2v) is 3.28. The summed E-state index contributed by atoms with van der Waals surface area (Å²) in [4.78, 5) is 26.3. The third-order valence-corrected chi connectivity index (χ3v) is 2.01. The van der Waals surface area contributed by atoms with Crippen LogP contribution in [0.2, 0.25) is 0 Å². The van der Waals surface area contributed by atoms with Gasteiger partial charge in [-0.15, -0.1) is 5.10 Å². The van der Waals surface area contributed by atoms with Crippen LogP contribution in [0.3, 0.4) is 0 Å². The van der Waals surface area contributed by atoms with E-state index in [-0.39, 0.29) is 12.4 Å². The van der Waals surface area contributed by atoms with Crippen molar-refractivity contribution >= 4 is 11.9 Å². The summed E-state index contributed by atoms with van der Waals surface area (Å²) in [6, 6.07) is -1.11.